The van der Waals surface area contributed by atoms with Crippen molar-refractivity contribution >= 4 is 11.5 Å². The first-order chi connectivity index (χ1) is 8.69. The van der Waals surface area contributed by atoms with Gasteiger partial charge in [0.15, 0.2) is 5.82 Å². The van der Waals surface area contributed by atoms with Gasteiger partial charge < -0.3 is 20.7 Å². The Morgan fingerprint density at radius 1 is 1.39 bits per heavy atom. The van der Waals surface area contributed by atoms with Crippen LogP contribution in [0.25, 0.3) is 0 Å². The van der Waals surface area contributed by atoms with Crippen LogP contribution < -0.4 is 15.8 Å². The fourth-order valence-corrected chi connectivity index (χ4v) is 1.36. The van der Waals surface area contributed by atoms with Crippen molar-refractivity contribution < 1.29 is 4.74 Å². The van der Waals surface area contributed by atoms with Gasteiger partial charge >= 0.3 is 0 Å². The molecule has 0 aliphatic rings. The summed E-state index contributed by atoms with van der Waals surface area (Å²) in [6, 6.07) is 0. The van der Waals surface area contributed by atoms with E-state index >= 15 is 0 Å². The molecule has 0 atom stereocenters. The summed E-state index contributed by atoms with van der Waals surface area (Å²) >= 11 is 0. The summed E-state index contributed by atoms with van der Waals surface area (Å²) in [5.74, 6) is 1.10. The van der Waals surface area contributed by atoms with E-state index in [1.165, 1.54) is 6.33 Å². The molecule has 6 nitrogen and oxygen atoms in total. The summed E-state index contributed by atoms with van der Waals surface area (Å²) in [6.07, 6.45) is 2.39. The third kappa shape index (κ3) is 4.37. The molecule has 0 unspecified atom stereocenters. The summed E-state index contributed by atoms with van der Waals surface area (Å²) in [5.41, 5.74) is 6.42. The van der Waals surface area contributed by atoms with Crippen molar-refractivity contribution in [3.8, 4) is 5.88 Å². The van der Waals surface area contributed by atoms with E-state index in [2.05, 4.69) is 34.2 Å². The first kappa shape index (κ1) is 14.5. The number of anilines is 2. The average molecular weight is 253 g/mol. The van der Waals surface area contributed by atoms with Gasteiger partial charge in [0.05, 0.1) is 6.61 Å². The second-order valence-electron chi connectivity index (χ2n) is 4.11. The minimum absolute atomic E-state index is 0.457. The highest BCUT2D eigenvalue weighted by Crippen LogP contribution is 2.24. The van der Waals surface area contributed by atoms with Crippen LogP contribution in [0.2, 0.25) is 0 Å². The first-order valence-electron chi connectivity index (χ1n) is 6.34. The summed E-state index contributed by atoms with van der Waals surface area (Å²) in [6.45, 7) is 7.52. The second kappa shape index (κ2) is 7.71. The van der Waals surface area contributed by atoms with Crippen molar-refractivity contribution in [1.29, 1.82) is 0 Å². The number of aromatic nitrogens is 2. The molecule has 18 heavy (non-hydrogen) atoms. The Labute approximate surface area is 109 Å². The van der Waals surface area contributed by atoms with Crippen LogP contribution in [0.3, 0.4) is 0 Å². The largest absolute Gasteiger partial charge is 0.476 e. The molecule has 0 fully saturated rings. The van der Waals surface area contributed by atoms with Gasteiger partial charge in [-0.1, -0.05) is 13.8 Å². The van der Waals surface area contributed by atoms with Gasteiger partial charge in [-0.25, -0.2) is 4.98 Å². The van der Waals surface area contributed by atoms with Crippen LogP contribution in [0.1, 0.15) is 20.3 Å². The Morgan fingerprint density at radius 2 is 2.17 bits per heavy atom. The predicted octanol–water partition coefficient (Wildman–Crippen LogP) is 1.21. The van der Waals surface area contributed by atoms with E-state index in [0.717, 1.165) is 26.1 Å². The quantitative estimate of drug-likeness (QED) is 0.725. The van der Waals surface area contributed by atoms with Crippen LogP contribution in [0.4, 0.5) is 11.5 Å². The number of nitrogens with two attached hydrogens (primary N) is 1. The Kier molecular flexibility index (Phi) is 6.21. The van der Waals surface area contributed by atoms with Gasteiger partial charge in [-0.2, -0.15) is 4.98 Å². The topological polar surface area (TPSA) is 76.3 Å². The van der Waals surface area contributed by atoms with Crippen molar-refractivity contribution in [1.82, 2.24) is 14.9 Å². The van der Waals surface area contributed by atoms with Gasteiger partial charge in [0.2, 0.25) is 5.88 Å². The number of ether oxygens (including phenoxy) is 1. The minimum atomic E-state index is 0.457. The molecule has 1 aromatic heterocycles. The number of hydrogen-bond donors (Lipinski definition) is 2. The van der Waals surface area contributed by atoms with Crippen LogP contribution in [-0.4, -0.2) is 48.2 Å². The molecule has 0 aliphatic heterocycles. The summed E-state index contributed by atoms with van der Waals surface area (Å²) in [7, 11) is 2.07. The molecule has 1 heterocycles. The van der Waals surface area contributed by atoms with Gasteiger partial charge in [0, 0.05) is 13.1 Å². The summed E-state index contributed by atoms with van der Waals surface area (Å²) in [4.78, 5) is 10.4. The zero-order valence-corrected chi connectivity index (χ0v) is 11.4. The fourth-order valence-electron chi connectivity index (χ4n) is 1.36. The average Bonchev–Trinajstić information content (AvgIpc) is 2.39. The molecule has 0 radical (unpaired) electrons. The van der Waals surface area contributed by atoms with Crippen LogP contribution in [0, 0.1) is 0 Å². The van der Waals surface area contributed by atoms with Crippen LogP contribution in [-0.2, 0) is 0 Å². The predicted molar refractivity (Wildman–Crippen MR) is 73.9 cm³/mol. The van der Waals surface area contributed by atoms with E-state index in [0.29, 0.717) is 24.0 Å². The Bertz CT molecular complexity index is 358. The Hall–Kier alpha value is -1.56. The zero-order chi connectivity index (χ0) is 13.4. The molecule has 0 spiro atoms. The molecular weight excluding hydrogens is 230 g/mol. The number of nitrogen functional groups attached to an aromatic ring is 1. The molecule has 3 N–H and O–H groups in total. The zero-order valence-electron chi connectivity index (χ0n) is 11.4. The molecule has 6 heteroatoms. The highest BCUT2D eigenvalue weighted by atomic mass is 16.5. The van der Waals surface area contributed by atoms with E-state index in [4.69, 9.17) is 10.5 Å². The van der Waals surface area contributed by atoms with Gasteiger partial charge in [0.1, 0.15) is 12.0 Å². The highest BCUT2D eigenvalue weighted by molar-refractivity contribution is 5.66. The maximum absolute atomic E-state index is 5.95. The molecule has 102 valence electrons. The molecule has 0 saturated carbocycles. The van der Waals surface area contributed by atoms with E-state index in [1.54, 1.807) is 0 Å². The van der Waals surface area contributed by atoms with Gasteiger partial charge in [-0.3, -0.25) is 0 Å². The third-order valence-electron chi connectivity index (χ3n) is 2.62. The number of likely N-dealkylation sites (N-methyl/N-ethyl adjacent to an activating group) is 1. The summed E-state index contributed by atoms with van der Waals surface area (Å²) in [5, 5.41) is 3.20. The highest BCUT2D eigenvalue weighted by Gasteiger charge is 2.08. The van der Waals surface area contributed by atoms with Gasteiger partial charge in [0.25, 0.3) is 0 Å². The normalized spacial score (nSPS) is 10.7. The molecular formula is C12H23N5O. The summed E-state index contributed by atoms with van der Waals surface area (Å²) < 4.78 is 5.45. The lowest BCUT2D eigenvalue weighted by molar-refractivity contribution is 0.306. The number of nitrogens with one attached hydrogen (secondary N) is 1. The Morgan fingerprint density at radius 3 is 2.83 bits per heavy atom. The molecule has 0 aromatic carbocycles. The van der Waals surface area contributed by atoms with E-state index in [1.807, 2.05) is 6.92 Å². The van der Waals surface area contributed by atoms with Crippen LogP contribution in [0.5, 0.6) is 5.88 Å². The Balaban J connectivity index is 2.54. The lowest BCUT2D eigenvalue weighted by Crippen LogP contribution is -2.25. The molecule has 0 aliphatic carbocycles. The maximum atomic E-state index is 5.95. The standard InChI is InChI=1S/C12H23N5O/c1-4-8-18-12-10(13)11(15-9-16-12)14-6-7-17(3)5-2/h9H,4-8,13H2,1-3H3,(H,14,15,16). The number of hydrogen-bond acceptors (Lipinski definition) is 6. The van der Waals surface area contributed by atoms with E-state index in [-0.39, 0.29) is 0 Å². The van der Waals surface area contributed by atoms with Crippen molar-refractivity contribution in [2.45, 2.75) is 20.3 Å². The SMILES string of the molecule is CCCOc1ncnc(NCCN(C)CC)c1N. The number of nitrogens with zero attached hydrogens (tertiary/aromatic N) is 3. The molecule has 0 bridgehead atoms. The van der Waals surface area contributed by atoms with Crippen LogP contribution >= 0.6 is 0 Å². The smallest absolute Gasteiger partial charge is 0.242 e. The first-order valence-corrected chi connectivity index (χ1v) is 6.34. The van der Waals surface area contributed by atoms with Crippen LogP contribution in [0.15, 0.2) is 6.33 Å². The molecule has 1 aromatic rings. The van der Waals surface area contributed by atoms with E-state index < -0.39 is 0 Å². The van der Waals surface area contributed by atoms with Crippen molar-refractivity contribution in [2.75, 3.05) is 44.3 Å². The van der Waals surface area contributed by atoms with Crippen molar-refractivity contribution in [2.24, 2.45) is 0 Å². The molecule has 1 rings (SSSR count). The van der Waals surface area contributed by atoms with E-state index in [9.17, 15) is 0 Å². The third-order valence-corrected chi connectivity index (χ3v) is 2.62. The van der Waals surface area contributed by atoms with Gasteiger partial charge in [-0.05, 0) is 20.0 Å². The number of rotatable bonds is 8. The second-order valence-corrected chi connectivity index (χ2v) is 4.11. The fraction of sp³-hybridized carbons (Fsp3) is 0.667. The van der Waals surface area contributed by atoms with Crippen molar-refractivity contribution in [3.05, 3.63) is 6.33 Å². The van der Waals surface area contributed by atoms with Crippen molar-refractivity contribution in [3.63, 3.8) is 0 Å². The molecule has 0 saturated heterocycles. The maximum Gasteiger partial charge on any atom is 0.242 e. The minimum Gasteiger partial charge on any atom is -0.476 e. The molecule has 0 amide bonds. The van der Waals surface area contributed by atoms with Gasteiger partial charge in [-0.15, -0.1) is 0 Å². The monoisotopic (exact) mass is 253 g/mol. The lowest BCUT2D eigenvalue weighted by atomic mass is 10.4. The lowest BCUT2D eigenvalue weighted by Gasteiger charge is -2.15.